The van der Waals surface area contributed by atoms with Gasteiger partial charge in [0.15, 0.2) is 0 Å². The van der Waals surface area contributed by atoms with Crippen molar-refractivity contribution in [3.05, 3.63) is 519 Å². The Balaban J connectivity index is 0.000000100. The molecule has 686 valence electrons. The molecule has 0 saturated heterocycles. The van der Waals surface area contributed by atoms with Crippen molar-refractivity contribution >= 4 is 194 Å². The maximum Gasteiger partial charge on any atom is 0.123 e. The average molecular weight is 1820 g/mol. The van der Waals surface area contributed by atoms with Gasteiger partial charge < -0.3 is 15.3 Å². The first-order valence-corrected chi connectivity index (χ1v) is 49.4. The standard InChI is InChI=1S/2C19H16.2C16H10O.2C13H14.C12H12O.3C10H8/c2*1-12(2)17-10-15-8-6-13-4-3-5-14-7-9-16(11-17)19(15)18(13)14;2*17-14-9-7-12-5-4-10-2-1-3-11-6-8-13(14)16(12)15(10)11;2*1-10(2)12-8-7-11-5-3-4-6-13(11)9-12;1-9(13)11-7-6-10-4-2-3-5-12(10)8-11;3*1-2-6-10-8-4-3-7-9(10)5-1/h2*3-12H,1-2H3;2*1-9,17H;2*3-10H,1-2H3;2-9,13H,1H3;3*1-8H. The van der Waals surface area contributed by atoms with Crippen LogP contribution >= 0.6 is 0 Å². The Labute approximate surface area is 826 Å². The van der Waals surface area contributed by atoms with Gasteiger partial charge in [-0.15, -0.1) is 0 Å². The molecule has 0 heterocycles. The fraction of sp³-hybridized carbons (Fsp3) is 0.101. The van der Waals surface area contributed by atoms with Crippen LogP contribution in [0, 0.1) is 0 Å². The zero-order valence-electron chi connectivity index (χ0n) is 81.5. The van der Waals surface area contributed by atoms with Crippen molar-refractivity contribution in [2.45, 2.75) is 92.1 Å². The number of aromatic hydroxyl groups is 2. The molecule has 0 saturated carbocycles. The number of phenols is 2. The molecule has 141 heavy (non-hydrogen) atoms. The number of hydrogen-bond acceptors (Lipinski definition) is 3. The van der Waals surface area contributed by atoms with Crippen molar-refractivity contribution in [2.75, 3.05) is 0 Å². The molecule has 0 bridgehead atoms. The molecule has 28 aromatic rings. The topological polar surface area (TPSA) is 60.7 Å². The zero-order chi connectivity index (χ0) is 97.0. The Morgan fingerprint density at radius 2 is 0.277 bits per heavy atom. The molecule has 3 heteroatoms. The highest BCUT2D eigenvalue weighted by Crippen LogP contribution is 2.43. The Hall–Kier alpha value is -16.6. The van der Waals surface area contributed by atoms with E-state index in [4.69, 9.17) is 0 Å². The van der Waals surface area contributed by atoms with Gasteiger partial charge in [0.2, 0.25) is 0 Å². The van der Waals surface area contributed by atoms with Gasteiger partial charge >= 0.3 is 0 Å². The van der Waals surface area contributed by atoms with Crippen LogP contribution in [0.2, 0.25) is 0 Å². The van der Waals surface area contributed by atoms with E-state index in [1.54, 1.807) is 19.1 Å². The summed E-state index contributed by atoms with van der Waals surface area (Å²) in [7, 11) is 0. The lowest BCUT2D eigenvalue weighted by Crippen LogP contribution is -1.90. The van der Waals surface area contributed by atoms with Gasteiger partial charge in [-0.05, 0) is 249 Å². The fourth-order valence-electron chi connectivity index (χ4n) is 19.7. The van der Waals surface area contributed by atoms with Crippen molar-refractivity contribution in [2.24, 2.45) is 0 Å². The van der Waals surface area contributed by atoms with E-state index in [9.17, 15) is 15.3 Å². The molecule has 0 amide bonds. The lowest BCUT2D eigenvalue weighted by Gasteiger charge is -2.13. The van der Waals surface area contributed by atoms with Crippen molar-refractivity contribution in [3.63, 3.8) is 0 Å². The average Bonchev–Trinajstić information content (AvgIpc) is 0.754. The summed E-state index contributed by atoms with van der Waals surface area (Å²) in [4.78, 5) is 0. The summed E-state index contributed by atoms with van der Waals surface area (Å²) in [6, 6.07) is 172. The molecule has 1 unspecified atom stereocenters. The summed E-state index contributed by atoms with van der Waals surface area (Å²) in [5.41, 5.74) is 6.65. The van der Waals surface area contributed by atoms with Crippen LogP contribution in [0.15, 0.2) is 491 Å². The van der Waals surface area contributed by atoms with Gasteiger partial charge in [-0.1, -0.05) is 529 Å². The van der Waals surface area contributed by atoms with E-state index in [1.165, 1.54) is 205 Å². The van der Waals surface area contributed by atoms with E-state index in [0.29, 0.717) is 35.2 Å². The van der Waals surface area contributed by atoms with Gasteiger partial charge in [0.25, 0.3) is 0 Å². The van der Waals surface area contributed by atoms with Gasteiger partial charge in [0.1, 0.15) is 11.5 Å². The van der Waals surface area contributed by atoms with E-state index in [1.807, 2.05) is 54.6 Å². The second kappa shape index (κ2) is 42.6. The third-order valence-corrected chi connectivity index (χ3v) is 27.4. The molecule has 3 N–H and O–H groups in total. The number of benzene rings is 28. The number of aliphatic hydroxyl groups excluding tert-OH is 1. The molecule has 0 radical (unpaired) electrons. The van der Waals surface area contributed by atoms with Crippen LogP contribution in [0.25, 0.3) is 194 Å². The van der Waals surface area contributed by atoms with Gasteiger partial charge in [-0.3, -0.25) is 0 Å². The summed E-state index contributed by atoms with van der Waals surface area (Å²) in [6.07, 6.45) is -0.385. The number of phenolic OH excluding ortho intramolecular Hbond substituents is 2. The molecule has 0 fully saturated rings. The number of fused-ring (bicyclic) bond motifs is 6. The molecule has 3 nitrogen and oxygen atoms in total. The number of aliphatic hydroxyl groups is 1. The minimum atomic E-state index is -0.385. The van der Waals surface area contributed by atoms with E-state index < -0.39 is 0 Å². The molecular weight excluding hydrogens is 1710 g/mol. The molecule has 28 rings (SSSR count). The third-order valence-electron chi connectivity index (χ3n) is 27.4. The zero-order valence-corrected chi connectivity index (χ0v) is 81.5. The van der Waals surface area contributed by atoms with Crippen molar-refractivity contribution < 1.29 is 15.3 Å². The highest BCUT2D eigenvalue weighted by molar-refractivity contribution is 6.27. The van der Waals surface area contributed by atoms with Crippen molar-refractivity contribution in [3.8, 4) is 11.5 Å². The largest absolute Gasteiger partial charge is 0.507 e. The van der Waals surface area contributed by atoms with Gasteiger partial charge in [-0.2, -0.15) is 0 Å². The van der Waals surface area contributed by atoms with E-state index in [2.05, 4.69) is 480 Å². The van der Waals surface area contributed by atoms with E-state index >= 15 is 0 Å². The van der Waals surface area contributed by atoms with Gasteiger partial charge in [-0.25, -0.2) is 0 Å². The quantitative estimate of drug-likeness (QED) is 0.151. The Kier molecular flexibility index (Phi) is 28.2. The Bertz CT molecular complexity index is 8140. The second-order valence-corrected chi connectivity index (χ2v) is 38.1. The molecule has 1 atom stereocenters. The van der Waals surface area contributed by atoms with Crippen LogP contribution in [-0.2, 0) is 0 Å². The van der Waals surface area contributed by atoms with Crippen molar-refractivity contribution in [1.29, 1.82) is 0 Å². The van der Waals surface area contributed by atoms with Gasteiger partial charge in [0, 0.05) is 21.5 Å². The first-order valence-electron chi connectivity index (χ1n) is 49.4. The smallest absolute Gasteiger partial charge is 0.123 e. The van der Waals surface area contributed by atoms with Crippen LogP contribution in [0.1, 0.15) is 120 Å². The van der Waals surface area contributed by atoms with Crippen molar-refractivity contribution in [1.82, 2.24) is 0 Å². The van der Waals surface area contributed by atoms with Gasteiger partial charge in [0.05, 0.1) is 6.10 Å². The SMILES string of the molecule is CC(C)c1cc2ccc3cccc4ccc(c1)c2c34.CC(C)c1cc2ccc3cccc4ccc(c1)c2c34.CC(C)c1ccc2ccccc2c1.CC(C)c1ccc2ccccc2c1.CC(O)c1ccc2ccccc2c1.Oc1ccc2ccc3cccc4ccc1c2c34.Oc1ccc2ccc3cccc4ccc1c2c34.c1ccc2ccccc2c1.c1ccc2ccccc2c1.c1ccc2ccccc2c1. The normalized spacial score (nSPS) is 11.5. The minimum absolute atomic E-state index is 0.357. The fourth-order valence-corrected chi connectivity index (χ4v) is 19.7. The summed E-state index contributed by atoms with van der Waals surface area (Å²) >= 11 is 0. The maximum atomic E-state index is 9.95. The summed E-state index contributed by atoms with van der Waals surface area (Å²) < 4.78 is 0. The summed E-state index contributed by atoms with van der Waals surface area (Å²) in [5.74, 6) is 3.09. The highest BCUT2D eigenvalue weighted by Gasteiger charge is 2.16. The minimum Gasteiger partial charge on any atom is -0.507 e. The number of rotatable bonds is 5. The summed E-state index contributed by atoms with van der Waals surface area (Å²) in [6.45, 7) is 19.7. The molecule has 0 aliphatic rings. The summed E-state index contributed by atoms with van der Waals surface area (Å²) in [5, 5.41) is 75.3. The monoisotopic (exact) mass is 1820 g/mol. The molecule has 0 spiro atoms. The lowest BCUT2D eigenvalue weighted by molar-refractivity contribution is 0.199. The van der Waals surface area contributed by atoms with Crippen LogP contribution in [-0.4, -0.2) is 15.3 Å². The van der Waals surface area contributed by atoms with Crippen LogP contribution in [0.5, 0.6) is 11.5 Å². The molecule has 0 aliphatic heterocycles. The molecule has 0 aromatic heterocycles. The lowest BCUT2D eigenvalue weighted by atomic mass is 9.91. The molecule has 0 aliphatic carbocycles. The maximum absolute atomic E-state index is 9.95. The van der Waals surface area contributed by atoms with E-state index in [0.717, 1.165) is 16.3 Å². The number of hydrogen-bond donors (Lipinski definition) is 3. The predicted molar refractivity (Wildman–Crippen MR) is 615 cm³/mol. The van der Waals surface area contributed by atoms with E-state index in [-0.39, 0.29) is 6.10 Å². The first-order chi connectivity index (χ1) is 68.9. The third kappa shape index (κ3) is 20.9. The second-order valence-electron chi connectivity index (χ2n) is 38.1. The molecule has 28 aromatic carbocycles. The van der Waals surface area contributed by atoms with Crippen LogP contribution in [0.4, 0.5) is 0 Å². The Morgan fingerprint density at radius 3 is 0.504 bits per heavy atom. The Morgan fingerprint density at radius 1 is 0.128 bits per heavy atom. The van der Waals surface area contributed by atoms with Crippen LogP contribution in [0.3, 0.4) is 0 Å². The van der Waals surface area contributed by atoms with Crippen LogP contribution < -0.4 is 0 Å². The first kappa shape index (κ1) is 93.5. The molecular formula is C138H116O3. The highest BCUT2D eigenvalue weighted by atomic mass is 16.3. The predicted octanol–water partition coefficient (Wildman–Crippen LogP) is 39.3.